The molecule has 0 saturated carbocycles. The Balaban J connectivity index is 4.05. The molecule has 94 valence electrons. The second-order valence-corrected chi connectivity index (χ2v) is 4.84. The van der Waals surface area contributed by atoms with Crippen LogP contribution in [-0.2, 0) is 14.9 Å². The number of hydrogen-bond donors (Lipinski definition) is 2. The highest BCUT2D eigenvalue weighted by atomic mass is 35.5. The van der Waals surface area contributed by atoms with Crippen molar-refractivity contribution in [2.45, 2.75) is 20.0 Å². The Morgan fingerprint density at radius 2 is 2.06 bits per heavy atom. The van der Waals surface area contributed by atoms with Gasteiger partial charge in [0.2, 0.25) is 0 Å². The summed E-state index contributed by atoms with van der Waals surface area (Å²) in [5.74, 6) is 0.296. The molecule has 0 unspecified atom stereocenters. The minimum atomic E-state index is -3.88. The van der Waals surface area contributed by atoms with E-state index in [0.717, 1.165) is 0 Å². The zero-order chi connectivity index (χ0) is 12.6. The SMILES string of the molecule is CC(C)OC(=O)NS(=O)(=O)NC/C=C/CCl. The fourth-order valence-corrected chi connectivity index (χ4v) is 1.47. The van der Waals surface area contributed by atoms with E-state index in [-0.39, 0.29) is 12.6 Å². The first-order valence-corrected chi connectivity index (χ1v) is 6.58. The van der Waals surface area contributed by atoms with E-state index < -0.39 is 16.3 Å². The van der Waals surface area contributed by atoms with Crippen LogP contribution in [0.1, 0.15) is 13.8 Å². The van der Waals surface area contributed by atoms with Crippen LogP contribution in [0.2, 0.25) is 0 Å². The number of carbonyl (C=O) groups is 1. The minimum Gasteiger partial charge on any atom is -0.446 e. The third-order valence-electron chi connectivity index (χ3n) is 1.21. The highest BCUT2D eigenvalue weighted by Crippen LogP contribution is 1.89. The van der Waals surface area contributed by atoms with Gasteiger partial charge in [-0.15, -0.1) is 11.6 Å². The Hall–Kier alpha value is -0.790. The zero-order valence-electron chi connectivity index (χ0n) is 9.07. The number of allylic oxidation sites excluding steroid dienone is 1. The van der Waals surface area contributed by atoms with E-state index in [1.807, 2.05) is 0 Å². The lowest BCUT2D eigenvalue weighted by molar-refractivity contribution is 0.121. The summed E-state index contributed by atoms with van der Waals surface area (Å²) in [7, 11) is -3.88. The van der Waals surface area contributed by atoms with Gasteiger partial charge < -0.3 is 4.74 Å². The van der Waals surface area contributed by atoms with Crippen molar-refractivity contribution in [3.63, 3.8) is 0 Å². The van der Waals surface area contributed by atoms with Crippen molar-refractivity contribution in [3.05, 3.63) is 12.2 Å². The molecule has 8 heteroatoms. The van der Waals surface area contributed by atoms with Gasteiger partial charge in [-0.3, -0.25) is 0 Å². The summed E-state index contributed by atoms with van der Waals surface area (Å²) in [4.78, 5) is 11.0. The van der Waals surface area contributed by atoms with Crippen LogP contribution in [-0.4, -0.2) is 33.0 Å². The maximum Gasteiger partial charge on any atom is 0.422 e. The van der Waals surface area contributed by atoms with E-state index in [9.17, 15) is 13.2 Å². The molecule has 0 aromatic heterocycles. The van der Waals surface area contributed by atoms with E-state index in [4.69, 9.17) is 11.6 Å². The molecule has 2 N–H and O–H groups in total. The second kappa shape index (κ2) is 7.48. The molecule has 0 heterocycles. The molecule has 0 aliphatic heterocycles. The number of nitrogens with one attached hydrogen (secondary N) is 2. The molecule has 0 aliphatic rings. The summed E-state index contributed by atoms with van der Waals surface area (Å²) in [5, 5.41) is 0. The standard InChI is InChI=1S/C8H15ClN2O4S/c1-7(2)15-8(12)11-16(13,14)10-6-4-3-5-9/h3-4,7,10H,5-6H2,1-2H3,(H,11,12)/b4-3+. The number of carbonyl (C=O) groups excluding carboxylic acids is 1. The van der Waals surface area contributed by atoms with Gasteiger partial charge in [-0.2, -0.15) is 13.1 Å². The first kappa shape index (κ1) is 15.2. The summed E-state index contributed by atoms with van der Waals surface area (Å²) >= 11 is 5.34. The third-order valence-corrected chi connectivity index (χ3v) is 2.37. The van der Waals surface area contributed by atoms with E-state index in [1.165, 1.54) is 6.08 Å². The normalized spacial score (nSPS) is 12.0. The van der Waals surface area contributed by atoms with Crippen molar-refractivity contribution in [1.82, 2.24) is 9.44 Å². The molecule has 6 nitrogen and oxygen atoms in total. The maximum absolute atomic E-state index is 11.2. The third kappa shape index (κ3) is 8.51. The molecule has 16 heavy (non-hydrogen) atoms. The molecule has 0 spiro atoms. The molecular weight excluding hydrogens is 256 g/mol. The summed E-state index contributed by atoms with van der Waals surface area (Å²) in [6.07, 6.45) is 1.71. The summed E-state index contributed by atoms with van der Waals surface area (Å²) < 4.78 is 30.8. The first-order valence-electron chi connectivity index (χ1n) is 4.56. The van der Waals surface area contributed by atoms with Gasteiger partial charge in [0.25, 0.3) is 0 Å². The van der Waals surface area contributed by atoms with Crippen LogP contribution in [0.5, 0.6) is 0 Å². The Bertz CT molecular complexity index is 340. The molecule has 0 atom stereocenters. The van der Waals surface area contributed by atoms with E-state index >= 15 is 0 Å². The molecule has 0 saturated heterocycles. The van der Waals surface area contributed by atoms with E-state index in [2.05, 4.69) is 9.46 Å². The Kier molecular flexibility index (Phi) is 7.11. The number of ether oxygens (including phenoxy) is 1. The lowest BCUT2D eigenvalue weighted by atomic mass is 10.5. The summed E-state index contributed by atoms with van der Waals surface area (Å²) in [6.45, 7) is 3.28. The average Bonchev–Trinajstić information content (AvgIpc) is 2.10. The second-order valence-electron chi connectivity index (χ2n) is 3.03. The van der Waals surface area contributed by atoms with Crippen LogP contribution in [0.3, 0.4) is 0 Å². The van der Waals surface area contributed by atoms with Gasteiger partial charge >= 0.3 is 16.3 Å². The van der Waals surface area contributed by atoms with Gasteiger partial charge in [-0.05, 0) is 13.8 Å². The fourth-order valence-electron chi connectivity index (χ4n) is 0.688. The Morgan fingerprint density at radius 3 is 2.56 bits per heavy atom. The highest BCUT2D eigenvalue weighted by Gasteiger charge is 2.14. The number of halogens is 1. The van der Waals surface area contributed by atoms with Crippen molar-refractivity contribution in [3.8, 4) is 0 Å². The highest BCUT2D eigenvalue weighted by molar-refractivity contribution is 7.88. The molecule has 0 aromatic rings. The lowest BCUT2D eigenvalue weighted by Gasteiger charge is -2.09. The first-order chi connectivity index (χ1) is 7.37. The van der Waals surface area contributed by atoms with Crippen molar-refractivity contribution >= 4 is 27.9 Å². The summed E-state index contributed by atoms with van der Waals surface area (Å²) in [5.41, 5.74) is 0. The number of amides is 1. The van der Waals surface area contributed by atoms with Gasteiger partial charge in [0.05, 0.1) is 6.10 Å². The van der Waals surface area contributed by atoms with Gasteiger partial charge in [0.1, 0.15) is 0 Å². The lowest BCUT2D eigenvalue weighted by Crippen LogP contribution is -2.41. The van der Waals surface area contributed by atoms with Crippen molar-refractivity contribution in [1.29, 1.82) is 0 Å². The summed E-state index contributed by atoms with van der Waals surface area (Å²) in [6, 6.07) is 0. The molecule has 0 rings (SSSR count). The Labute approximate surface area is 100 Å². The number of rotatable bonds is 6. The van der Waals surface area contributed by atoms with Gasteiger partial charge in [-0.25, -0.2) is 9.52 Å². The van der Waals surface area contributed by atoms with E-state index in [0.29, 0.717) is 5.88 Å². The monoisotopic (exact) mass is 270 g/mol. The predicted octanol–water partition coefficient (Wildman–Crippen LogP) is 0.750. The largest absolute Gasteiger partial charge is 0.446 e. The number of alkyl halides is 1. The van der Waals surface area contributed by atoms with E-state index in [1.54, 1.807) is 24.6 Å². The average molecular weight is 271 g/mol. The Morgan fingerprint density at radius 1 is 1.44 bits per heavy atom. The van der Waals surface area contributed by atoms with Crippen LogP contribution < -0.4 is 9.44 Å². The van der Waals surface area contributed by atoms with Gasteiger partial charge in [0, 0.05) is 12.4 Å². The van der Waals surface area contributed by atoms with Crippen molar-refractivity contribution in [2.75, 3.05) is 12.4 Å². The number of hydrogen-bond acceptors (Lipinski definition) is 4. The maximum atomic E-state index is 11.2. The molecular formula is C8H15ClN2O4S. The molecule has 0 fully saturated rings. The smallest absolute Gasteiger partial charge is 0.422 e. The van der Waals surface area contributed by atoms with Crippen LogP contribution in [0.25, 0.3) is 0 Å². The molecule has 0 aromatic carbocycles. The topological polar surface area (TPSA) is 84.5 Å². The van der Waals surface area contributed by atoms with Gasteiger partial charge in [0.15, 0.2) is 0 Å². The fraction of sp³-hybridized carbons (Fsp3) is 0.625. The predicted molar refractivity (Wildman–Crippen MR) is 61.5 cm³/mol. The minimum absolute atomic E-state index is 0.0526. The zero-order valence-corrected chi connectivity index (χ0v) is 10.6. The molecule has 0 radical (unpaired) electrons. The molecule has 0 aliphatic carbocycles. The quantitative estimate of drug-likeness (QED) is 0.551. The van der Waals surface area contributed by atoms with Crippen molar-refractivity contribution < 1.29 is 17.9 Å². The van der Waals surface area contributed by atoms with Crippen LogP contribution in [0.4, 0.5) is 4.79 Å². The van der Waals surface area contributed by atoms with Gasteiger partial charge in [-0.1, -0.05) is 12.2 Å². The molecule has 0 bridgehead atoms. The van der Waals surface area contributed by atoms with Crippen LogP contribution in [0, 0.1) is 0 Å². The van der Waals surface area contributed by atoms with Crippen LogP contribution >= 0.6 is 11.6 Å². The van der Waals surface area contributed by atoms with Crippen LogP contribution in [0.15, 0.2) is 12.2 Å². The molecule has 1 amide bonds. The van der Waals surface area contributed by atoms with Crippen molar-refractivity contribution in [2.24, 2.45) is 0 Å².